The number of aliphatic imine (C=N–C) groups is 2. The highest BCUT2D eigenvalue weighted by Crippen LogP contribution is 2.42. The summed E-state index contributed by atoms with van der Waals surface area (Å²) in [6.07, 6.45) is 0. The first-order valence-corrected chi connectivity index (χ1v) is 15.0. The van der Waals surface area contributed by atoms with Crippen molar-refractivity contribution in [2.45, 2.75) is 92.9 Å². The van der Waals surface area contributed by atoms with Gasteiger partial charge >= 0.3 is 0 Å². The van der Waals surface area contributed by atoms with Crippen LogP contribution < -0.4 is 0 Å². The van der Waals surface area contributed by atoms with Gasteiger partial charge in [-0.15, -0.1) is 0 Å². The van der Waals surface area contributed by atoms with E-state index in [1.165, 1.54) is 55.3 Å². The number of hydrogen-bond acceptors (Lipinski definition) is 2. The lowest BCUT2D eigenvalue weighted by molar-refractivity contribution is 0.834. The van der Waals surface area contributed by atoms with E-state index in [1.807, 2.05) is 0 Å². The number of rotatable bonds is 6. The van der Waals surface area contributed by atoms with Gasteiger partial charge in [-0.3, -0.25) is 0 Å². The zero-order valence-electron chi connectivity index (χ0n) is 26.0. The van der Waals surface area contributed by atoms with Gasteiger partial charge in [0.05, 0.1) is 22.8 Å². The summed E-state index contributed by atoms with van der Waals surface area (Å²) in [6.45, 7) is 22.6. The van der Waals surface area contributed by atoms with Gasteiger partial charge in [0.1, 0.15) is 0 Å². The zero-order chi connectivity index (χ0) is 28.9. The molecule has 0 fully saturated rings. The molecule has 0 unspecified atom stereocenters. The fourth-order valence-electron chi connectivity index (χ4n) is 6.25. The largest absolute Gasteiger partial charge is 0.245 e. The predicted octanol–water partition coefficient (Wildman–Crippen LogP) is 11.2. The van der Waals surface area contributed by atoms with Crippen LogP contribution in [-0.4, -0.2) is 11.4 Å². The summed E-state index contributed by atoms with van der Waals surface area (Å²) in [5.74, 6) is 1.49. The Morgan fingerprint density at radius 2 is 0.750 bits per heavy atom. The van der Waals surface area contributed by atoms with E-state index in [2.05, 4.69) is 130 Å². The number of para-hydroxylation sites is 2. The van der Waals surface area contributed by atoms with E-state index in [4.69, 9.17) is 9.98 Å². The summed E-state index contributed by atoms with van der Waals surface area (Å²) in [4.78, 5) is 11.2. The fourth-order valence-corrected chi connectivity index (χ4v) is 6.25. The van der Waals surface area contributed by atoms with Gasteiger partial charge in [-0.1, -0.05) is 116 Å². The molecule has 2 nitrogen and oxygen atoms in total. The fraction of sp³-hybridized carbons (Fsp3) is 0.368. The van der Waals surface area contributed by atoms with Crippen LogP contribution in [0.2, 0.25) is 0 Å². The Morgan fingerprint density at radius 1 is 0.425 bits per heavy atom. The summed E-state index contributed by atoms with van der Waals surface area (Å²) in [5, 5.41) is 2.62. The molecule has 0 bridgehead atoms. The lowest BCUT2D eigenvalue weighted by atomic mass is 9.92. The van der Waals surface area contributed by atoms with Crippen LogP contribution in [0.15, 0.2) is 70.6 Å². The van der Waals surface area contributed by atoms with Crippen LogP contribution in [0.5, 0.6) is 0 Å². The third-order valence-corrected chi connectivity index (χ3v) is 8.44. The molecule has 0 heterocycles. The van der Waals surface area contributed by atoms with Gasteiger partial charge in [0.25, 0.3) is 0 Å². The first-order chi connectivity index (χ1) is 19.0. The second-order valence-electron chi connectivity index (χ2n) is 12.7. The Morgan fingerprint density at radius 3 is 1.05 bits per heavy atom. The first-order valence-electron chi connectivity index (χ1n) is 15.0. The molecule has 40 heavy (non-hydrogen) atoms. The summed E-state index contributed by atoms with van der Waals surface area (Å²) < 4.78 is 0. The van der Waals surface area contributed by atoms with Crippen molar-refractivity contribution in [2.24, 2.45) is 9.98 Å². The number of benzene rings is 4. The van der Waals surface area contributed by atoms with Crippen LogP contribution in [0, 0.1) is 13.8 Å². The molecule has 0 saturated heterocycles. The number of nitrogens with zero attached hydrogens (tertiary/aromatic N) is 2. The van der Waals surface area contributed by atoms with Gasteiger partial charge in [-0.05, 0) is 76.3 Å². The molecular formula is C38H44N2. The molecular weight excluding hydrogens is 484 g/mol. The second kappa shape index (κ2) is 10.8. The second-order valence-corrected chi connectivity index (χ2v) is 12.7. The van der Waals surface area contributed by atoms with Crippen molar-refractivity contribution in [3.63, 3.8) is 0 Å². The minimum Gasteiger partial charge on any atom is -0.245 e. The Balaban J connectivity index is 1.92. The molecule has 1 aliphatic rings. The Hall–Kier alpha value is -3.52. The minimum atomic E-state index is 0.372. The Kier molecular flexibility index (Phi) is 7.57. The van der Waals surface area contributed by atoms with Crippen LogP contribution in [0.1, 0.15) is 124 Å². The van der Waals surface area contributed by atoms with Gasteiger partial charge in [0.2, 0.25) is 0 Å². The van der Waals surface area contributed by atoms with Gasteiger partial charge < -0.3 is 0 Å². The highest BCUT2D eigenvalue weighted by Gasteiger charge is 2.30. The van der Waals surface area contributed by atoms with E-state index in [-0.39, 0.29) is 0 Å². The van der Waals surface area contributed by atoms with E-state index in [9.17, 15) is 0 Å². The summed E-state index contributed by atoms with van der Waals surface area (Å²) in [6, 6.07) is 22.4. The molecule has 0 aliphatic heterocycles. The molecule has 0 atom stereocenters. The summed E-state index contributed by atoms with van der Waals surface area (Å²) in [5.41, 5.74) is 14.4. The van der Waals surface area contributed by atoms with Crippen LogP contribution in [0.4, 0.5) is 11.4 Å². The summed E-state index contributed by atoms with van der Waals surface area (Å²) >= 11 is 0. The van der Waals surface area contributed by atoms with Crippen molar-refractivity contribution in [1.29, 1.82) is 0 Å². The van der Waals surface area contributed by atoms with E-state index in [0.717, 1.165) is 22.8 Å². The van der Waals surface area contributed by atoms with Crippen molar-refractivity contribution in [3.8, 4) is 0 Å². The van der Waals surface area contributed by atoms with Crippen LogP contribution in [0.3, 0.4) is 0 Å². The maximum atomic E-state index is 5.61. The predicted molar refractivity (Wildman–Crippen MR) is 175 cm³/mol. The molecule has 0 amide bonds. The zero-order valence-corrected chi connectivity index (χ0v) is 26.0. The smallest absolute Gasteiger partial charge is 0.0979 e. The topological polar surface area (TPSA) is 24.7 Å². The van der Waals surface area contributed by atoms with Gasteiger partial charge in [0.15, 0.2) is 0 Å². The Labute approximate surface area is 241 Å². The minimum absolute atomic E-state index is 0.372. The van der Waals surface area contributed by atoms with Crippen molar-refractivity contribution in [1.82, 2.24) is 0 Å². The van der Waals surface area contributed by atoms with E-state index in [1.54, 1.807) is 0 Å². The summed E-state index contributed by atoms with van der Waals surface area (Å²) in [7, 11) is 0. The molecule has 0 aromatic heterocycles. The molecule has 4 aromatic rings. The quantitative estimate of drug-likeness (QED) is 0.238. The molecule has 0 spiro atoms. The first kappa shape index (κ1) is 28.0. The molecule has 2 heteroatoms. The van der Waals surface area contributed by atoms with E-state index in [0.29, 0.717) is 23.7 Å². The SMILES string of the molecule is Cc1ccc2c3c(ccc(C)c13)C(=Nc1c(C(C)C)cccc1C(C)C)C2=Nc1c(C(C)C)cccc1C(C)C. The number of aryl methyl sites for hydroxylation is 2. The van der Waals surface area contributed by atoms with Crippen LogP contribution >= 0.6 is 0 Å². The molecule has 5 rings (SSSR count). The number of hydrogen-bond donors (Lipinski definition) is 0. The van der Waals surface area contributed by atoms with Crippen molar-refractivity contribution in [2.75, 3.05) is 0 Å². The molecule has 1 aliphatic carbocycles. The van der Waals surface area contributed by atoms with Crippen molar-refractivity contribution >= 4 is 33.6 Å². The average molecular weight is 529 g/mol. The molecule has 4 aromatic carbocycles. The molecule has 206 valence electrons. The highest BCUT2D eigenvalue weighted by atomic mass is 14.8. The maximum absolute atomic E-state index is 5.61. The third kappa shape index (κ3) is 4.72. The molecule has 0 saturated carbocycles. The van der Waals surface area contributed by atoms with Crippen molar-refractivity contribution in [3.05, 3.63) is 105 Å². The van der Waals surface area contributed by atoms with Crippen molar-refractivity contribution < 1.29 is 0 Å². The molecule has 0 N–H and O–H groups in total. The normalized spacial score (nSPS) is 15.2. The van der Waals surface area contributed by atoms with Gasteiger partial charge in [-0.25, -0.2) is 9.98 Å². The van der Waals surface area contributed by atoms with Gasteiger partial charge in [0, 0.05) is 16.5 Å². The molecule has 0 radical (unpaired) electrons. The Bertz CT molecular complexity index is 1490. The van der Waals surface area contributed by atoms with E-state index < -0.39 is 0 Å². The van der Waals surface area contributed by atoms with Crippen LogP contribution in [-0.2, 0) is 0 Å². The monoisotopic (exact) mass is 528 g/mol. The highest BCUT2D eigenvalue weighted by molar-refractivity contribution is 6.61. The maximum Gasteiger partial charge on any atom is 0.0979 e. The lowest BCUT2D eigenvalue weighted by Gasteiger charge is -2.19. The third-order valence-electron chi connectivity index (χ3n) is 8.44. The average Bonchev–Trinajstić information content (AvgIpc) is 3.19. The standard InChI is InChI=1S/C38H44N2/c1-21(2)27-13-11-14-28(22(3)4)35(27)39-37-31-19-17-25(9)33-26(10)18-20-32(34(31)33)38(37)40-36-29(23(5)6)15-12-16-30(36)24(7)8/h11-24H,1-10H3. The van der Waals surface area contributed by atoms with Gasteiger partial charge in [-0.2, -0.15) is 0 Å². The lowest BCUT2D eigenvalue weighted by Crippen LogP contribution is -2.12. The van der Waals surface area contributed by atoms with E-state index >= 15 is 0 Å². The van der Waals surface area contributed by atoms with Crippen LogP contribution in [0.25, 0.3) is 10.8 Å².